The van der Waals surface area contributed by atoms with E-state index in [2.05, 4.69) is 53.0 Å². The maximum absolute atomic E-state index is 11.8. The van der Waals surface area contributed by atoms with Crippen molar-refractivity contribution in [2.75, 3.05) is 69.4 Å². The van der Waals surface area contributed by atoms with Gasteiger partial charge in [0, 0.05) is 12.1 Å². The van der Waals surface area contributed by atoms with Gasteiger partial charge in [-0.25, -0.2) is 4.99 Å². The Hall–Kier alpha value is -5.07. The van der Waals surface area contributed by atoms with Crippen molar-refractivity contribution in [1.82, 2.24) is 10.6 Å². The Kier molecular flexibility index (Phi) is 20.1. The predicted octanol–water partition coefficient (Wildman–Crippen LogP) is 5.37. The van der Waals surface area contributed by atoms with Crippen molar-refractivity contribution in [3.63, 3.8) is 0 Å². The second-order valence-electron chi connectivity index (χ2n) is 15.0. The largest absolute Gasteiger partial charge is 0.491 e. The number of aliphatic imine (C=N–C) groups is 2. The molecule has 36 heteroatoms. The molecule has 73 heavy (non-hydrogen) atoms. The summed E-state index contributed by atoms with van der Waals surface area (Å²) in [5.41, 5.74) is 11.7. The highest BCUT2D eigenvalue weighted by Crippen LogP contribution is 2.38. The number of hydrogen-bond acceptors (Lipinski definition) is 20. The van der Waals surface area contributed by atoms with E-state index in [-0.39, 0.29) is 117 Å². The topological polar surface area (TPSA) is 411 Å². The van der Waals surface area contributed by atoms with Crippen molar-refractivity contribution in [2.24, 2.45) is 9.98 Å². The first-order valence-electron chi connectivity index (χ1n) is 20.5. The molecular formula is C37H44Cl4N10O17S5. The summed E-state index contributed by atoms with van der Waals surface area (Å²) in [5, 5.41) is 11.2. The first-order chi connectivity index (χ1) is 33.9. The Balaban J connectivity index is 1.49. The number of unbranched alkanes of at least 4 members (excludes halogenated alkanes) is 2. The number of anilines is 6. The molecule has 5 rings (SSSR count). The van der Waals surface area contributed by atoms with E-state index in [4.69, 9.17) is 55.9 Å². The number of nitrogens with zero attached hydrogens (tertiary/aromatic N) is 2. The summed E-state index contributed by atoms with van der Waals surface area (Å²) < 4.78 is 175. The van der Waals surface area contributed by atoms with E-state index in [0.29, 0.717) is 0 Å². The summed E-state index contributed by atoms with van der Waals surface area (Å²) in [6.45, 7) is -0.704. The van der Waals surface area contributed by atoms with Crippen LogP contribution in [0.15, 0.2) is 80.4 Å². The fraction of sp³-hybridized carbons (Fsp3) is 0.297. The lowest BCUT2D eigenvalue weighted by Crippen LogP contribution is -2.55. The number of hydrogen-bond donors (Lipinski definition) is 13. The molecule has 27 nitrogen and oxygen atoms in total. The average molecular weight is 1200 g/mol. The van der Waals surface area contributed by atoms with Crippen LogP contribution in [0.5, 0.6) is 11.5 Å². The fourth-order valence-electron chi connectivity index (χ4n) is 5.96. The highest BCUT2D eigenvalue weighted by Gasteiger charge is 2.24. The standard InChI is InChI=1S/C37H44Cl4N10O17S5/c38-23-7-5-21(15-33(23)72(61,62)63)48-50-27-19-31(67-10-1-3-12-69(52,53)54)29(17-25(27)40)43-36-45-35(42-9-14-71(58,59)60)46-37(47-36)44-30-18-26(41)28(20-32(30)68-11-2-4-13-70(55,56)57)51-49-22-6-8-24(39)34(16-22)73(64,65)66/h5-8,15-20,36,43,48-51H,1-4,9-14H2,(H,52,53,54)(H,55,56,57)(H,58,59,60)(H,61,62,63)(H,64,65,66)(H3,42,44,45,46,47). The van der Waals surface area contributed by atoms with Gasteiger partial charge in [-0.2, -0.15) is 42.1 Å². The number of benzene rings is 4. The van der Waals surface area contributed by atoms with Gasteiger partial charge in [0.25, 0.3) is 50.6 Å². The van der Waals surface area contributed by atoms with Gasteiger partial charge in [-0.15, -0.1) is 0 Å². The summed E-state index contributed by atoms with van der Waals surface area (Å²) >= 11 is 25.3. The Morgan fingerprint density at radius 1 is 0.548 bits per heavy atom. The van der Waals surface area contributed by atoms with Crippen molar-refractivity contribution in [3.8, 4) is 11.5 Å². The monoisotopic (exact) mass is 1200 g/mol. The number of nitrogens with one attached hydrogen (secondary N) is 8. The number of ether oxygens (including phenoxy) is 2. The fourth-order valence-corrected chi connectivity index (χ4v) is 9.84. The van der Waals surface area contributed by atoms with Crippen LogP contribution in [0.4, 0.5) is 34.1 Å². The summed E-state index contributed by atoms with van der Waals surface area (Å²) in [6.07, 6.45) is -1.00. The Labute approximate surface area is 438 Å². The molecule has 1 unspecified atom stereocenters. The molecule has 1 atom stereocenters. The number of halogens is 4. The normalized spacial score (nSPS) is 14.8. The summed E-state index contributed by atoms with van der Waals surface area (Å²) in [4.78, 5) is 7.58. The van der Waals surface area contributed by atoms with Crippen LogP contribution < -0.4 is 52.4 Å². The lowest BCUT2D eigenvalue weighted by atomic mass is 10.2. The van der Waals surface area contributed by atoms with Crippen LogP contribution >= 0.6 is 46.4 Å². The van der Waals surface area contributed by atoms with Crippen molar-refractivity contribution < 1.29 is 74.3 Å². The van der Waals surface area contributed by atoms with E-state index in [9.17, 15) is 64.9 Å². The van der Waals surface area contributed by atoms with E-state index < -0.39 is 90.5 Å². The zero-order chi connectivity index (χ0) is 53.9. The van der Waals surface area contributed by atoms with Gasteiger partial charge in [0.05, 0.1) is 91.2 Å². The molecule has 0 fully saturated rings. The molecule has 1 aliphatic heterocycles. The minimum atomic E-state index is -4.71. The number of guanidine groups is 2. The van der Waals surface area contributed by atoms with E-state index in [1.807, 2.05) is 0 Å². The van der Waals surface area contributed by atoms with Crippen LogP contribution in [-0.2, 0) is 50.6 Å². The molecule has 402 valence electrons. The van der Waals surface area contributed by atoms with Crippen molar-refractivity contribution >= 4 is 143 Å². The lowest BCUT2D eigenvalue weighted by Gasteiger charge is -2.28. The minimum Gasteiger partial charge on any atom is -0.491 e. The van der Waals surface area contributed by atoms with Gasteiger partial charge in [0.15, 0.2) is 6.29 Å². The van der Waals surface area contributed by atoms with E-state index in [1.54, 1.807) is 0 Å². The zero-order valence-corrected chi connectivity index (χ0v) is 44.1. The molecule has 13 N–H and O–H groups in total. The molecule has 0 saturated carbocycles. The van der Waals surface area contributed by atoms with E-state index in [0.717, 1.165) is 12.1 Å². The molecule has 0 aromatic heterocycles. The first kappa shape index (κ1) is 58.8. The molecule has 0 spiro atoms. The van der Waals surface area contributed by atoms with Crippen molar-refractivity contribution in [1.29, 1.82) is 0 Å². The average Bonchev–Trinajstić information content (AvgIpc) is 3.25. The van der Waals surface area contributed by atoms with Gasteiger partial charge < -0.3 is 36.3 Å². The van der Waals surface area contributed by atoms with Crippen LogP contribution in [0, 0.1) is 0 Å². The Morgan fingerprint density at radius 3 is 1.45 bits per heavy atom. The quantitative estimate of drug-likeness (QED) is 0.0213. The van der Waals surface area contributed by atoms with Crippen LogP contribution in [0.25, 0.3) is 0 Å². The van der Waals surface area contributed by atoms with Gasteiger partial charge >= 0.3 is 0 Å². The smallest absolute Gasteiger partial charge is 0.296 e. The summed E-state index contributed by atoms with van der Waals surface area (Å²) in [7, 11) is -22.5. The lowest BCUT2D eigenvalue weighted by molar-refractivity contribution is 0.310. The van der Waals surface area contributed by atoms with Gasteiger partial charge in [-0.05, 0) is 74.2 Å². The van der Waals surface area contributed by atoms with Gasteiger partial charge in [0.2, 0.25) is 11.9 Å². The van der Waals surface area contributed by atoms with Crippen molar-refractivity contribution in [3.05, 3.63) is 80.8 Å². The molecule has 4 aromatic rings. The van der Waals surface area contributed by atoms with Gasteiger partial charge in [0.1, 0.15) is 21.3 Å². The second-order valence-corrected chi connectivity index (χ2v) is 24.1. The maximum Gasteiger partial charge on any atom is 0.296 e. The summed E-state index contributed by atoms with van der Waals surface area (Å²) in [5.74, 6) is -2.07. The summed E-state index contributed by atoms with van der Waals surface area (Å²) in [6, 6.07) is 12.8. The SMILES string of the molecule is O=S(=O)(O)CCCCOc1cc(NNc2ccc(Cl)c(S(=O)(=O)O)c2)c(Cl)cc1NC1=NC(Nc2cc(Cl)c(NNc3ccc(Cl)c(S(=O)(=O)O)c3)cc2OCCCCS(=O)(=O)O)NC(=NCCS(=O)(=O)O)N1. The zero-order valence-electron chi connectivity index (χ0n) is 37.0. The van der Waals surface area contributed by atoms with Crippen LogP contribution in [-0.4, -0.2) is 120 Å². The van der Waals surface area contributed by atoms with Gasteiger partial charge in [-0.3, -0.25) is 43.9 Å². The third kappa shape index (κ3) is 19.6. The third-order valence-corrected chi connectivity index (χ3v) is 14.9. The Bertz CT molecular complexity index is 3330. The number of rotatable bonds is 26. The third-order valence-electron chi connectivity index (χ3n) is 9.28. The second kappa shape index (κ2) is 25.0. The van der Waals surface area contributed by atoms with Crippen molar-refractivity contribution in [2.45, 2.75) is 41.8 Å². The van der Waals surface area contributed by atoms with E-state index in [1.165, 1.54) is 48.5 Å². The highest BCUT2D eigenvalue weighted by molar-refractivity contribution is 7.86. The molecule has 1 aliphatic rings. The van der Waals surface area contributed by atoms with Crippen LogP contribution in [0.1, 0.15) is 25.7 Å². The molecule has 0 aliphatic carbocycles. The number of hydrazine groups is 2. The molecule has 0 saturated heterocycles. The maximum atomic E-state index is 11.8. The highest BCUT2D eigenvalue weighted by atomic mass is 35.5. The molecule has 0 radical (unpaired) electrons. The first-order valence-corrected chi connectivity index (χ1v) is 29.7. The van der Waals surface area contributed by atoms with Crippen LogP contribution in [0.3, 0.4) is 0 Å². The molecule has 0 bridgehead atoms. The molecule has 1 heterocycles. The Morgan fingerprint density at radius 2 is 1.00 bits per heavy atom. The molecule has 0 amide bonds. The van der Waals surface area contributed by atoms with E-state index >= 15 is 0 Å². The minimum absolute atomic E-state index is 0.000730. The molecule has 4 aromatic carbocycles. The van der Waals surface area contributed by atoms with Gasteiger partial charge in [-0.1, -0.05) is 46.4 Å². The van der Waals surface area contributed by atoms with Crippen LogP contribution in [0.2, 0.25) is 20.1 Å². The predicted molar refractivity (Wildman–Crippen MR) is 276 cm³/mol. The molecular weight excluding hydrogens is 1160 g/mol.